The van der Waals surface area contributed by atoms with Crippen LogP contribution in [-0.4, -0.2) is 62.0 Å². The highest BCUT2D eigenvalue weighted by atomic mass is 19.4. The zero-order valence-corrected chi connectivity index (χ0v) is 20.7. The number of alkyl halides is 3. The van der Waals surface area contributed by atoms with Crippen LogP contribution in [0.2, 0.25) is 0 Å². The number of anilines is 2. The van der Waals surface area contributed by atoms with Crippen LogP contribution >= 0.6 is 0 Å². The third kappa shape index (κ3) is 5.63. The molecule has 12 heteroatoms. The Balaban J connectivity index is 1.51. The standard InChI is InChI=1S/C25H30F3N7O2/c1-24(2,37)12-15-6-8-34(9-7-15)21-19-14-30-35(18-5-3-4-16(10-18)25(26,27)28)22(19)33-23(32-21)31-17-11-20(36)29-13-17/h3-5,10,14-15,17,37H,6-9,11-13H2,1-2H3,(H,29,36)(H,31,32,33)/t17-/m0/s1. The minimum Gasteiger partial charge on any atom is -0.390 e. The summed E-state index contributed by atoms with van der Waals surface area (Å²) in [5.74, 6) is 1.25. The summed E-state index contributed by atoms with van der Waals surface area (Å²) in [7, 11) is 0. The van der Waals surface area contributed by atoms with Crippen LogP contribution in [-0.2, 0) is 11.0 Å². The second kappa shape index (κ2) is 9.47. The Hall–Kier alpha value is -3.41. The van der Waals surface area contributed by atoms with Crippen LogP contribution in [0.1, 0.15) is 45.1 Å². The molecule has 2 saturated heterocycles. The molecule has 1 atom stereocenters. The van der Waals surface area contributed by atoms with Crippen molar-refractivity contribution in [1.82, 2.24) is 25.1 Å². The number of halogens is 3. The topological polar surface area (TPSA) is 108 Å². The van der Waals surface area contributed by atoms with Gasteiger partial charge in [0.15, 0.2) is 5.65 Å². The van der Waals surface area contributed by atoms with E-state index in [2.05, 4.69) is 25.6 Å². The molecule has 37 heavy (non-hydrogen) atoms. The van der Waals surface area contributed by atoms with Crippen LogP contribution < -0.4 is 15.5 Å². The second-order valence-corrected chi connectivity index (χ2v) is 10.5. The Morgan fingerprint density at radius 3 is 2.59 bits per heavy atom. The lowest BCUT2D eigenvalue weighted by atomic mass is 9.86. The Morgan fingerprint density at radius 2 is 1.95 bits per heavy atom. The number of aliphatic hydroxyl groups is 1. The van der Waals surface area contributed by atoms with E-state index in [0.717, 1.165) is 25.0 Å². The maximum Gasteiger partial charge on any atom is 0.416 e. The van der Waals surface area contributed by atoms with Crippen molar-refractivity contribution in [2.24, 2.45) is 5.92 Å². The minimum atomic E-state index is -4.48. The number of amides is 1. The molecule has 1 aromatic carbocycles. The molecule has 0 saturated carbocycles. The minimum absolute atomic E-state index is 0.0679. The fourth-order valence-electron chi connectivity index (χ4n) is 5.15. The fourth-order valence-corrected chi connectivity index (χ4v) is 5.15. The van der Waals surface area contributed by atoms with E-state index in [-0.39, 0.29) is 30.0 Å². The molecular weight excluding hydrogens is 487 g/mol. The molecule has 3 aromatic rings. The van der Waals surface area contributed by atoms with Crippen LogP contribution in [0.5, 0.6) is 0 Å². The van der Waals surface area contributed by atoms with Gasteiger partial charge in [-0.05, 0) is 57.2 Å². The summed E-state index contributed by atoms with van der Waals surface area (Å²) in [5, 5.41) is 21.2. The maximum atomic E-state index is 13.4. The van der Waals surface area contributed by atoms with Crippen molar-refractivity contribution < 1.29 is 23.1 Å². The normalized spacial score (nSPS) is 19.5. The molecular formula is C25H30F3N7O2. The van der Waals surface area contributed by atoms with Crippen molar-refractivity contribution >= 4 is 28.7 Å². The number of rotatable bonds is 6. The molecule has 1 amide bonds. The van der Waals surface area contributed by atoms with Gasteiger partial charge in [0.05, 0.1) is 34.5 Å². The van der Waals surface area contributed by atoms with E-state index in [1.807, 2.05) is 13.8 Å². The Bertz CT molecular complexity index is 1290. The van der Waals surface area contributed by atoms with Crippen LogP contribution in [0.25, 0.3) is 16.7 Å². The molecule has 2 aliphatic heterocycles. The average Bonchev–Trinajstić information content (AvgIpc) is 3.43. The predicted octanol–water partition coefficient (Wildman–Crippen LogP) is 3.51. The molecule has 4 heterocycles. The number of hydrogen-bond donors (Lipinski definition) is 3. The predicted molar refractivity (Wildman–Crippen MR) is 133 cm³/mol. The number of carbonyl (C=O) groups is 1. The summed E-state index contributed by atoms with van der Waals surface area (Å²) in [4.78, 5) is 23.2. The van der Waals surface area contributed by atoms with Gasteiger partial charge in [-0.1, -0.05) is 6.07 Å². The lowest BCUT2D eigenvalue weighted by Gasteiger charge is -2.35. The molecule has 2 aromatic heterocycles. The molecule has 0 aliphatic carbocycles. The Labute approximate surface area is 212 Å². The first-order chi connectivity index (χ1) is 17.5. The molecule has 0 spiro atoms. The number of benzene rings is 1. The number of piperidine rings is 1. The monoisotopic (exact) mass is 517 g/mol. The van der Waals surface area contributed by atoms with Crippen LogP contribution in [0.4, 0.5) is 24.9 Å². The first-order valence-corrected chi connectivity index (χ1v) is 12.4. The average molecular weight is 518 g/mol. The van der Waals surface area contributed by atoms with Crippen LogP contribution in [0, 0.1) is 5.92 Å². The molecule has 0 unspecified atom stereocenters. The van der Waals surface area contributed by atoms with E-state index in [1.165, 1.54) is 10.7 Å². The highest BCUT2D eigenvalue weighted by Gasteiger charge is 2.32. The number of nitrogens with zero attached hydrogens (tertiary/aromatic N) is 5. The summed E-state index contributed by atoms with van der Waals surface area (Å²) in [6, 6.07) is 4.77. The van der Waals surface area contributed by atoms with Crippen LogP contribution in [0.15, 0.2) is 30.5 Å². The van der Waals surface area contributed by atoms with Gasteiger partial charge < -0.3 is 20.6 Å². The van der Waals surface area contributed by atoms with E-state index < -0.39 is 17.3 Å². The molecule has 0 bridgehead atoms. The molecule has 3 N–H and O–H groups in total. The van der Waals surface area contributed by atoms with E-state index in [1.54, 1.807) is 12.3 Å². The van der Waals surface area contributed by atoms with Gasteiger partial charge in [0, 0.05) is 26.1 Å². The lowest BCUT2D eigenvalue weighted by Crippen LogP contribution is -2.37. The number of hydrogen-bond acceptors (Lipinski definition) is 7. The third-order valence-corrected chi connectivity index (χ3v) is 6.84. The molecule has 2 fully saturated rings. The summed E-state index contributed by atoms with van der Waals surface area (Å²) in [6.45, 7) is 5.49. The molecule has 2 aliphatic rings. The quantitative estimate of drug-likeness (QED) is 0.459. The molecule has 0 radical (unpaired) electrons. The zero-order chi connectivity index (χ0) is 26.4. The van der Waals surface area contributed by atoms with Crippen molar-refractivity contribution in [3.05, 3.63) is 36.0 Å². The number of aromatic nitrogens is 4. The van der Waals surface area contributed by atoms with Gasteiger partial charge in [-0.25, -0.2) is 4.68 Å². The molecule has 9 nitrogen and oxygen atoms in total. The van der Waals surface area contributed by atoms with Crippen LogP contribution in [0.3, 0.4) is 0 Å². The zero-order valence-electron chi connectivity index (χ0n) is 20.7. The van der Waals surface area contributed by atoms with Crippen molar-refractivity contribution in [3.8, 4) is 5.69 Å². The highest BCUT2D eigenvalue weighted by molar-refractivity contribution is 5.89. The molecule has 5 rings (SSSR count). The number of fused-ring (bicyclic) bond motifs is 1. The maximum absolute atomic E-state index is 13.4. The van der Waals surface area contributed by atoms with Gasteiger partial charge in [-0.2, -0.15) is 28.2 Å². The van der Waals surface area contributed by atoms with Crippen molar-refractivity contribution in [2.75, 3.05) is 29.9 Å². The van der Waals surface area contributed by atoms with E-state index in [9.17, 15) is 23.1 Å². The summed E-state index contributed by atoms with van der Waals surface area (Å²) >= 11 is 0. The fraction of sp³-hybridized carbons (Fsp3) is 0.520. The van der Waals surface area contributed by atoms with E-state index in [0.29, 0.717) is 48.8 Å². The highest BCUT2D eigenvalue weighted by Crippen LogP contribution is 2.34. The van der Waals surface area contributed by atoms with Gasteiger partial charge in [0.1, 0.15) is 5.82 Å². The number of carbonyl (C=O) groups excluding carboxylic acids is 1. The SMILES string of the molecule is CC(C)(O)CC1CCN(c2nc(N[C@@H]3CNC(=O)C3)nc3c2cnn3-c2cccc(C(F)(F)F)c2)CC1. The lowest BCUT2D eigenvalue weighted by molar-refractivity contribution is -0.137. The molecule has 198 valence electrons. The van der Waals surface area contributed by atoms with Gasteiger partial charge >= 0.3 is 6.18 Å². The largest absolute Gasteiger partial charge is 0.416 e. The summed E-state index contributed by atoms with van der Waals surface area (Å²) in [5.41, 5.74) is -0.888. The first kappa shape index (κ1) is 25.2. The van der Waals surface area contributed by atoms with Crippen molar-refractivity contribution in [2.45, 2.75) is 57.3 Å². The van der Waals surface area contributed by atoms with E-state index >= 15 is 0 Å². The number of nitrogens with one attached hydrogen (secondary N) is 2. The van der Waals surface area contributed by atoms with Crippen molar-refractivity contribution in [1.29, 1.82) is 0 Å². The first-order valence-electron chi connectivity index (χ1n) is 12.4. The Morgan fingerprint density at radius 1 is 1.19 bits per heavy atom. The smallest absolute Gasteiger partial charge is 0.390 e. The van der Waals surface area contributed by atoms with Gasteiger partial charge in [0.2, 0.25) is 11.9 Å². The van der Waals surface area contributed by atoms with Crippen molar-refractivity contribution in [3.63, 3.8) is 0 Å². The summed E-state index contributed by atoms with van der Waals surface area (Å²) in [6.07, 6.45) is -0.156. The van der Waals surface area contributed by atoms with Gasteiger partial charge in [-0.3, -0.25) is 4.79 Å². The second-order valence-electron chi connectivity index (χ2n) is 10.5. The van der Waals surface area contributed by atoms with Gasteiger partial charge in [-0.15, -0.1) is 0 Å². The van der Waals surface area contributed by atoms with E-state index in [4.69, 9.17) is 4.98 Å². The third-order valence-electron chi connectivity index (χ3n) is 6.84. The summed E-state index contributed by atoms with van der Waals surface area (Å²) < 4.78 is 41.5. The van der Waals surface area contributed by atoms with Gasteiger partial charge in [0.25, 0.3) is 0 Å². The Kier molecular flexibility index (Phi) is 6.47.